The minimum atomic E-state index is -0.213. The molecule has 1 N–H and O–H groups in total. The highest BCUT2D eigenvalue weighted by atomic mass is 32.1. The van der Waals surface area contributed by atoms with E-state index in [1.807, 2.05) is 10.9 Å². The van der Waals surface area contributed by atoms with Crippen molar-refractivity contribution in [1.29, 1.82) is 0 Å². The summed E-state index contributed by atoms with van der Waals surface area (Å²) in [4.78, 5) is 15.9. The Kier molecular flexibility index (Phi) is 4.81. The third-order valence-corrected chi connectivity index (χ3v) is 4.09. The molecule has 3 heterocycles. The zero-order chi connectivity index (χ0) is 15.4. The molecule has 1 unspecified atom stereocenters. The molecule has 0 bridgehead atoms. The lowest BCUT2D eigenvalue weighted by Crippen LogP contribution is -2.32. The number of amides is 1. The van der Waals surface area contributed by atoms with E-state index in [0.29, 0.717) is 32.0 Å². The van der Waals surface area contributed by atoms with Gasteiger partial charge in [-0.15, -0.1) is 11.3 Å². The first-order valence-corrected chi connectivity index (χ1v) is 8.05. The summed E-state index contributed by atoms with van der Waals surface area (Å²) in [5.74, 6) is -0.184. The molecular formula is C14H18N4O3S. The van der Waals surface area contributed by atoms with E-state index in [4.69, 9.17) is 9.47 Å². The maximum absolute atomic E-state index is 11.9. The largest absolute Gasteiger partial charge is 0.383 e. The predicted molar refractivity (Wildman–Crippen MR) is 80.9 cm³/mol. The molecule has 0 aromatic carbocycles. The van der Waals surface area contributed by atoms with Gasteiger partial charge in [0.1, 0.15) is 11.8 Å². The van der Waals surface area contributed by atoms with Gasteiger partial charge in [-0.1, -0.05) is 0 Å². The Labute approximate surface area is 132 Å². The molecule has 0 aliphatic carbocycles. The first-order valence-electron chi connectivity index (χ1n) is 7.11. The molecule has 2 aromatic rings. The van der Waals surface area contributed by atoms with Crippen LogP contribution in [0.4, 0.5) is 0 Å². The van der Waals surface area contributed by atoms with Crippen molar-refractivity contribution in [1.82, 2.24) is 20.1 Å². The summed E-state index contributed by atoms with van der Waals surface area (Å²) in [5, 5.41) is 9.14. The number of nitrogens with zero attached hydrogens (tertiary/aromatic N) is 3. The lowest BCUT2D eigenvalue weighted by molar-refractivity contribution is 0.0382. The number of hydrogen-bond acceptors (Lipinski definition) is 6. The average Bonchev–Trinajstić information content (AvgIpc) is 3.19. The first-order chi connectivity index (χ1) is 10.8. The summed E-state index contributed by atoms with van der Waals surface area (Å²) < 4.78 is 12.7. The summed E-state index contributed by atoms with van der Waals surface area (Å²) in [6.07, 6.45) is 2.67. The molecule has 1 atom stereocenters. The maximum atomic E-state index is 11.9. The van der Waals surface area contributed by atoms with Crippen LogP contribution in [0.15, 0.2) is 17.1 Å². The molecule has 1 aliphatic heterocycles. The molecule has 2 aromatic heterocycles. The minimum Gasteiger partial charge on any atom is -0.383 e. The molecule has 0 fully saturated rings. The molecule has 1 amide bonds. The van der Waals surface area contributed by atoms with Crippen LogP contribution >= 0.6 is 11.3 Å². The van der Waals surface area contributed by atoms with E-state index in [1.54, 1.807) is 18.0 Å². The Hall–Kier alpha value is -1.77. The van der Waals surface area contributed by atoms with Gasteiger partial charge in [0.15, 0.2) is 0 Å². The van der Waals surface area contributed by atoms with Crippen LogP contribution in [0.25, 0.3) is 0 Å². The third kappa shape index (κ3) is 3.34. The molecule has 0 radical (unpaired) electrons. The van der Waals surface area contributed by atoms with E-state index >= 15 is 0 Å². The molecule has 7 nitrogen and oxygen atoms in total. The second-order valence-electron chi connectivity index (χ2n) is 4.99. The number of ether oxygens (including phenoxy) is 2. The van der Waals surface area contributed by atoms with Gasteiger partial charge in [-0.25, -0.2) is 4.98 Å². The van der Waals surface area contributed by atoms with Crippen molar-refractivity contribution in [3.8, 4) is 0 Å². The summed E-state index contributed by atoms with van der Waals surface area (Å²) in [5.41, 5.74) is 4.16. The fraction of sp³-hybridized carbons (Fsp3) is 0.500. The Morgan fingerprint density at radius 2 is 2.55 bits per heavy atom. The quantitative estimate of drug-likeness (QED) is 0.859. The predicted octanol–water partition coefficient (Wildman–Crippen LogP) is 1.03. The van der Waals surface area contributed by atoms with Gasteiger partial charge in [0, 0.05) is 25.2 Å². The van der Waals surface area contributed by atoms with Gasteiger partial charge < -0.3 is 14.8 Å². The van der Waals surface area contributed by atoms with Crippen LogP contribution in [-0.4, -0.2) is 47.5 Å². The van der Waals surface area contributed by atoms with Crippen molar-refractivity contribution < 1.29 is 14.3 Å². The SMILES string of the molecule is COCCn1cc2c(n1)C(CNC(=O)c1cscn1)OCC2. The van der Waals surface area contributed by atoms with Crippen LogP contribution in [0.5, 0.6) is 0 Å². The zero-order valence-corrected chi connectivity index (χ0v) is 13.1. The first kappa shape index (κ1) is 15.1. The molecular weight excluding hydrogens is 304 g/mol. The normalized spacial score (nSPS) is 17.2. The molecule has 3 rings (SSSR count). The van der Waals surface area contributed by atoms with Crippen LogP contribution in [0, 0.1) is 0 Å². The van der Waals surface area contributed by atoms with E-state index in [1.165, 1.54) is 16.9 Å². The van der Waals surface area contributed by atoms with Gasteiger partial charge in [-0.2, -0.15) is 5.10 Å². The topological polar surface area (TPSA) is 78.3 Å². The summed E-state index contributed by atoms with van der Waals surface area (Å²) in [7, 11) is 1.67. The number of aromatic nitrogens is 3. The smallest absolute Gasteiger partial charge is 0.270 e. The van der Waals surface area contributed by atoms with Crippen LogP contribution < -0.4 is 5.32 Å². The molecule has 0 saturated carbocycles. The second-order valence-corrected chi connectivity index (χ2v) is 5.71. The summed E-state index contributed by atoms with van der Waals surface area (Å²) in [6, 6.07) is 0. The summed E-state index contributed by atoms with van der Waals surface area (Å²) >= 11 is 1.40. The minimum absolute atomic E-state index is 0.184. The standard InChI is InChI=1S/C14H18N4O3S/c1-20-5-3-18-7-10-2-4-21-12(13(10)17-18)6-15-14(19)11-8-22-9-16-11/h7-9,12H,2-6H2,1H3,(H,15,19). The Morgan fingerprint density at radius 1 is 1.64 bits per heavy atom. The van der Waals surface area contributed by atoms with Gasteiger partial charge in [0.25, 0.3) is 5.91 Å². The number of rotatable bonds is 6. The fourth-order valence-electron chi connectivity index (χ4n) is 2.39. The number of carbonyl (C=O) groups excluding carboxylic acids is 1. The lowest BCUT2D eigenvalue weighted by atomic mass is 10.1. The Balaban J connectivity index is 1.64. The van der Waals surface area contributed by atoms with Gasteiger partial charge in [-0.3, -0.25) is 9.48 Å². The van der Waals surface area contributed by atoms with Crippen molar-refractivity contribution in [2.24, 2.45) is 0 Å². The van der Waals surface area contributed by atoms with Crippen molar-refractivity contribution in [2.45, 2.75) is 19.1 Å². The van der Waals surface area contributed by atoms with Crippen LogP contribution in [0.2, 0.25) is 0 Å². The van der Waals surface area contributed by atoms with Crippen molar-refractivity contribution in [3.05, 3.63) is 34.0 Å². The average molecular weight is 322 g/mol. The van der Waals surface area contributed by atoms with Crippen LogP contribution in [-0.2, 0) is 22.4 Å². The van der Waals surface area contributed by atoms with Crippen molar-refractivity contribution in [3.63, 3.8) is 0 Å². The number of carbonyl (C=O) groups is 1. The zero-order valence-electron chi connectivity index (χ0n) is 12.3. The number of hydrogen-bond donors (Lipinski definition) is 1. The number of methoxy groups -OCH3 is 1. The van der Waals surface area contributed by atoms with Crippen molar-refractivity contribution in [2.75, 3.05) is 26.9 Å². The van der Waals surface area contributed by atoms with E-state index < -0.39 is 0 Å². The molecule has 1 aliphatic rings. The number of nitrogens with one attached hydrogen (secondary N) is 1. The van der Waals surface area contributed by atoms with E-state index in [0.717, 1.165) is 12.1 Å². The van der Waals surface area contributed by atoms with Gasteiger partial charge in [0.05, 0.1) is 31.0 Å². The second kappa shape index (κ2) is 6.99. The fourth-order valence-corrected chi connectivity index (χ4v) is 2.92. The molecule has 118 valence electrons. The van der Waals surface area contributed by atoms with Crippen LogP contribution in [0.3, 0.4) is 0 Å². The summed E-state index contributed by atoms with van der Waals surface area (Å²) in [6.45, 7) is 2.36. The maximum Gasteiger partial charge on any atom is 0.270 e. The Bertz CT molecular complexity index is 626. The number of thiazole rings is 1. The highest BCUT2D eigenvalue weighted by Crippen LogP contribution is 2.25. The van der Waals surface area contributed by atoms with Gasteiger partial charge >= 0.3 is 0 Å². The molecule has 22 heavy (non-hydrogen) atoms. The monoisotopic (exact) mass is 322 g/mol. The number of fused-ring (bicyclic) bond motifs is 1. The lowest BCUT2D eigenvalue weighted by Gasteiger charge is -2.22. The van der Waals surface area contributed by atoms with E-state index in [2.05, 4.69) is 15.4 Å². The highest BCUT2D eigenvalue weighted by molar-refractivity contribution is 7.07. The van der Waals surface area contributed by atoms with E-state index in [-0.39, 0.29) is 12.0 Å². The molecule has 8 heteroatoms. The molecule has 0 saturated heterocycles. The van der Waals surface area contributed by atoms with Crippen molar-refractivity contribution >= 4 is 17.2 Å². The van der Waals surface area contributed by atoms with E-state index in [9.17, 15) is 4.79 Å². The van der Waals surface area contributed by atoms with Gasteiger partial charge in [0.2, 0.25) is 0 Å². The van der Waals surface area contributed by atoms with Crippen LogP contribution in [0.1, 0.15) is 27.8 Å². The highest BCUT2D eigenvalue weighted by Gasteiger charge is 2.25. The Morgan fingerprint density at radius 3 is 3.32 bits per heavy atom. The molecule has 0 spiro atoms. The third-order valence-electron chi connectivity index (χ3n) is 3.50. The van der Waals surface area contributed by atoms with Gasteiger partial charge in [-0.05, 0) is 12.0 Å².